The zero-order valence-corrected chi connectivity index (χ0v) is 13.7. The van der Waals surface area contributed by atoms with Gasteiger partial charge in [-0.2, -0.15) is 0 Å². The number of carbonyl (C=O) groups is 2. The van der Waals surface area contributed by atoms with Crippen molar-refractivity contribution in [2.24, 2.45) is 0 Å². The minimum atomic E-state index is -0.336. The van der Waals surface area contributed by atoms with E-state index in [-0.39, 0.29) is 30.7 Å². The third-order valence-corrected chi connectivity index (χ3v) is 3.43. The van der Waals surface area contributed by atoms with Crippen LogP contribution in [0, 0.1) is 12.7 Å². The number of nitrogens with one attached hydrogen (secondary N) is 2. The van der Waals surface area contributed by atoms with Crippen molar-refractivity contribution in [3.8, 4) is 0 Å². The Labute approximate surface area is 140 Å². The quantitative estimate of drug-likeness (QED) is 0.856. The molecule has 2 amide bonds. The molecular weight excluding hydrogens is 309 g/mol. The molecule has 0 saturated heterocycles. The Morgan fingerprint density at radius 1 is 1.00 bits per heavy atom. The summed E-state index contributed by atoms with van der Waals surface area (Å²) in [6, 6.07) is 13.1. The maximum Gasteiger partial charge on any atom is 0.243 e. The number of hydrogen-bond donors (Lipinski definition) is 2. The van der Waals surface area contributed by atoms with Gasteiger partial charge in [0.2, 0.25) is 11.8 Å². The molecule has 0 radical (unpaired) electrons. The highest BCUT2D eigenvalue weighted by Crippen LogP contribution is 2.09. The highest BCUT2D eigenvalue weighted by Gasteiger charge is 2.13. The molecule has 0 aromatic heterocycles. The molecule has 0 atom stereocenters. The summed E-state index contributed by atoms with van der Waals surface area (Å²) in [4.78, 5) is 25.3. The molecule has 6 heteroatoms. The molecule has 2 aromatic rings. The van der Waals surface area contributed by atoms with Crippen molar-refractivity contribution in [1.29, 1.82) is 0 Å². The molecule has 0 aliphatic heterocycles. The van der Waals surface area contributed by atoms with E-state index >= 15 is 0 Å². The summed E-state index contributed by atoms with van der Waals surface area (Å²) < 4.78 is 12.8. The molecule has 0 spiro atoms. The first-order valence-electron chi connectivity index (χ1n) is 7.54. The third-order valence-electron chi connectivity index (χ3n) is 3.43. The van der Waals surface area contributed by atoms with E-state index in [9.17, 15) is 14.0 Å². The largest absolute Gasteiger partial charge is 0.376 e. The van der Waals surface area contributed by atoms with Crippen LogP contribution in [-0.4, -0.2) is 36.9 Å². The second-order valence-corrected chi connectivity index (χ2v) is 5.52. The number of nitrogens with zero attached hydrogens (tertiary/aromatic N) is 1. The van der Waals surface area contributed by atoms with Crippen molar-refractivity contribution in [3.05, 3.63) is 59.9 Å². The molecule has 2 rings (SSSR count). The Morgan fingerprint density at radius 2 is 1.58 bits per heavy atom. The Morgan fingerprint density at radius 3 is 2.21 bits per heavy atom. The van der Waals surface area contributed by atoms with E-state index in [0.29, 0.717) is 11.4 Å². The van der Waals surface area contributed by atoms with E-state index in [2.05, 4.69) is 10.6 Å². The summed E-state index contributed by atoms with van der Waals surface area (Å²) in [5.74, 6) is -0.841. The van der Waals surface area contributed by atoms with Gasteiger partial charge in [-0.1, -0.05) is 17.7 Å². The van der Waals surface area contributed by atoms with E-state index in [1.807, 2.05) is 31.2 Å². The Balaban J connectivity index is 1.78. The Bertz CT molecular complexity index is 699. The molecular formula is C18H20FN3O2. The smallest absolute Gasteiger partial charge is 0.243 e. The predicted octanol–water partition coefficient (Wildman–Crippen LogP) is 2.64. The molecule has 0 aliphatic rings. The van der Waals surface area contributed by atoms with Crippen LogP contribution in [0.2, 0.25) is 0 Å². The fourth-order valence-electron chi connectivity index (χ4n) is 2.02. The summed E-state index contributed by atoms with van der Waals surface area (Å²) >= 11 is 0. The number of carbonyl (C=O) groups excluding carboxylic acids is 2. The topological polar surface area (TPSA) is 61.4 Å². The number of anilines is 2. The van der Waals surface area contributed by atoms with E-state index in [1.165, 1.54) is 17.0 Å². The second-order valence-electron chi connectivity index (χ2n) is 5.52. The Kier molecular flexibility index (Phi) is 5.89. The van der Waals surface area contributed by atoms with Crippen LogP contribution >= 0.6 is 0 Å². The number of aryl methyl sites for hydroxylation is 1. The normalized spacial score (nSPS) is 10.1. The monoisotopic (exact) mass is 329 g/mol. The van der Waals surface area contributed by atoms with Gasteiger partial charge in [0, 0.05) is 18.4 Å². The number of likely N-dealkylation sites (N-methyl/N-ethyl adjacent to an activating group) is 1. The van der Waals surface area contributed by atoms with Gasteiger partial charge in [0.15, 0.2) is 0 Å². The van der Waals surface area contributed by atoms with Crippen molar-refractivity contribution in [2.45, 2.75) is 6.92 Å². The number of halogens is 1. The van der Waals surface area contributed by atoms with Crippen LogP contribution < -0.4 is 10.6 Å². The van der Waals surface area contributed by atoms with E-state index in [4.69, 9.17) is 0 Å². The number of rotatable bonds is 6. The molecule has 2 N–H and O–H groups in total. The van der Waals surface area contributed by atoms with Crippen molar-refractivity contribution >= 4 is 23.2 Å². The fraction of sp³-hybridized carbons (Fsp3) is 0.222. The van der Waals surface area contributed by atoms with Crippen molar-refractivity contribution in [3.63, 3.8) is 0 Å². The summed E-state index contributed by atoms with van der Waals surface area (Å²) in [6.07, 6.45) is 0. The summed E-state index contributed by atoms with van der Waals surface area (Å²) in [5, 5.41) is 5.63. The van der Waals surface area contributed by atoms with Crippen LogP contribution in [0.3, 0.4) is 0 Å². The van der Waals surface area contributed by atoms with Gasteiger partial charge < -0.3 is 15.5 Å². The number of benzene rings is 2. The van der Waals surface area contributed by atoms with Gasteiger partial charge in [-0.3, -0.25) is 9.59 Å². The van der Waals surface area contributed by atoms with Crippen molar-refractivity contribution < 1.29 is 14.0 Å². The lowest BCUT2D eigenvalue weighted by Gasteiger charge is -2.17. The van der Waals surface area contributed by atoms with Crippen LogP contribution in [-0.2, 0) is 9.59 Å². The van der Waals surface area contributed by atoms with Gasteiger partial charge in [0.25, 0.3) is 0 Å². The van der Waals surface area contributed by atoms with Gasteiger partial charge in [-0.15, -0.1) is 0 Å². The molecule has 0 aliphatic carbocycles. The van der Waals surface area contributed by atoms with Gasteiger partial charge >= 0.3 is 0 Å². The van der Waals surface area contributed by atoms with Gasteiger partial charge in [-0.05, 0) is 43.3 Å². The number of amides is 2. The average Bonchev–Trinajstić information content (AvgIpc) is 2.56. The minimum absolute atomic E-state index is 0.0277. The fourth-order valence-corrected chi connectivity index (χ4v) is 2.02. The highest BCUT2D eigenvalue weighted by atomic mass is 19.1. The van der Waals surface area contributed by atoms with E-state index < -0.39 is 0 Å². The molecule has 0 bridgehead atoms. The summed E-state index contributed by atoms with van der Waals surface area (Å²) in [5.41, 5.74) is 2.44. The lowest BCUT2D eigenvalue weighted by Crippen LogP contribution is -2.38. The van der Waals surface area contributed by atoms with Crippen LogP contribution in [0.1, 0.15) is 5.56 Å². The molecule has 0 unspecified atom stereocenters. The van der Waals surface area contributed by atoms with E-state index in [1.54, 1.807) is 19.2 Å². The standard InChI is InChI=1S/C18H20FN3O2/c1-13-3-7-16(8-4-13)21-17(23)12-22(2)18(24)11-20-15-9-5-14(19)6-10-15/h3-10,20H,11-12H2,1-2H3,(H,21,23). The highest BCUT2D eigenvalue weighted by molar-refractivity contribution is 5.95. The molecule has 5 nitrogen and oxygen atoms in total. The van der Waals surface area contributed by atoms with Crippen LogP contribution in [0.5, 0.6) is 0 Å². The van der Waals surface area contributed by atoms with Gasteiger partial charge in [0.1, 0.15) is 5.82 Å². The first-order valence-corrected chi connectivity index (χ1v) is 7.54. The maximum absolute atomic E-state index is 12.8. The minimum Gasteiger partial charge on any atom is -0.376 e. The third kappa shape index (κ3) is 5.39. The van der Waals surface area contributed by atoms with Crippen LogP contribution in [0.15, 0.2) is 48.5 Å². The van der Waals surface area contributed by atoms with Gasteiger partial charge in [0.05, 0.1) is 13.1 Å². The summed E-state index contributed by atoms with van der Waals surface area (Å²) in [7, 11) is 1.56. The molecule has 0 fully saturated rings. The molecule has 126 valence electrons. The zero-order chi connectivity index (χ0) is 17.5. The first-order chi connectivity index (χ1) is 11.4. The van der Waals surface area contributed by atoms with Crippen molar-refractivity contribution in [2.75, 3.05) is 30.8 Å². The summed E-state index contributed by atoms with van der Waals surface area (Å²) in [6.45, 7) is 1.95. The SMILES string of the molecule is Cc1ccc(NC(=O)CN(C)C(=O)CNc2ccc(F)cc2)cc1. The van der Waals surface area contributed by atoms with Crippen LogP contribution in [0.4, 0.5) is 15.8 Å². The zero-order valence-electron chi connectivity index (χ0n) is 13.7. The van der Waals surface area contributed by atoms with Crippen molar-refractivity contribution in [1.82, 2.24) is 4.90 Å². The molecule has 0 saturated carbocycles. The van der Waals surface area contributed by atoms with E-state index in [0.717, 1.165) is 5.56 Å². The first kappa shape index (κ1) is 17.5. The molecule has 0 heterocycles. The lowest BCUT2D eigenvalue weighted by atomic mass is 10.2. The number of hydrogen-bond acceptors (Lipinski definition) is 3. The lowest BCUT2D eigenvalue weighted by molar-refractivity contribution is -0.131. The molecule has 2 aromatic carbocycles. The average molecular weight is 329 g/mol. The van der Waals surface area contributed by atoms with Gasteiger partial charge in [-0.25, -0.2) is 4.39 Å². The maximum atomic E-state index is 12.8. The Hall–Kier alpha value is -2.89. The second kappa shape index (κ2) is 8.10. The van der Waals surface area contributed by atoms with Crippen LogP contribution in [0.25, 0.3) is 0 Å². The predicted molar refractivity (Wildman–Crippen MR) is 92.3 cm³/mol. The molecule has 24 heavy (non-hydrogen) atoms.